The van der Waals surface area contributed by atoms with E-state index in [0.29, 0.717) is 12.0 Å². The van der Waals surface area contributed by atoms with E-state index in [2.05, 4.69) is 21.0 Å². The Balaban J connectivity index is 2.27. The van der Waals surface area contributed by atoms with Crippen LogP contribution in [0.4, 0.5) is 4.39 Å². The largest absolute Gasteiger partial charge is 0.324 e. The molecule has 0 bridgehead atoms. The molecule has 0 aliphatic carbocycles. The highest BCUT2D eigenvalue weighted by atomic mass is 79.9. The van der Waals surface area contributed by atoms with Crippen LogP contribution in [0.2, 0.25) is 0 Å². The molecule has 1 aromatic heterocycles. The quantitative estimate of drug-likeness (QED) is 0.938. The van der Waals surface area contributed by atoms with Crippen LogP contribution in [0.3, 0.4) is 0 Å². The van der Waals surface area contributed by atoms with Crippen molar-refractivity contribution < 1.29 is 4.39 Å². The van der Waals surface area contributed by atoms with Crippen LogP contribution in [0.5, 0.6) is 0 Å². The topological polar surface area (TPSA) is 43.8 Å². The summed E-state index contributed by atoms with van der Waals surface area (Å²) in [6.45, 7) is 2.05. The number of hydrogen-bond donors (Lipinski definition) is 1. The van der Waals surface area contributed by atoms with Crippen molar-refractivity contribution >= 4 is 15.9 Å². The van der Waals surface area contributed by atoms with Crippen molar-refractivity contribution in [2.24, 2.45) is 12.8 Å². The van der Waals surface area contributed by atoms with Gasteiger partial charge in [-0.05, 0) is 28.4 Å². The lowest BCUT2D eigenvalue weighted by Crippen LogP contribution is -2.17. The molecule has 19 heavy (non-hydrogen) atoms. The molecule has 0 saturated carbocycles. The van der Waals surface area contributed by atoms with Gasteiger partial charge in [0.25, 0.3) is 0 Å². The molecule has 1 unspecified atom stereocenters. The SMILES string of the molecule is CCc1nn(C)c(CC(N)c2ccccc2F)c1Br. The predicted octanol–water partition coefficient (Wildman–Crippen LogP) is 3.13. The van der Waals surface area contributed by atoms with E-state index in [4.69, 9.17) is 5.73 Å². The molecule has 102 valence electrons. The van der Waals surface area contributed by atoms with Crippen molar-refractivity contribution in [3.05, 3.63) is 51.5 Å². The summed E-state index contributed by atoms with van der Waals surface area (Å²) in [6, 6.07) is 6.25. The van der Waals surface area contributed by atoms with Gasteiger partial charge in [-0.3, -0.25) is 4.68 Å². The van der Waals surface area contributed by atoms with Crippen molar-refractivity contribution in [1.29, 1.82) is 0 Å². The average Bonchev–Trinajstić information content (AvgIpc) is 2.66. The fourth-order valence-electron chi connectivity index (χ4n) is 2.14. The summed E-state index contributed by atoms with van der Waals surface area (Å²) in [7, 11) is 1.88. The van der Waals surface area contributed by atoms with E-state index < -0.39 is 0 Å². The van der Waals surface area contributed by atoms with E-state index >= 15 is 0 Å². The Bertz CT molecular complexity index is 580. The Morgan fingerprint density at radius 2 is 2.11 bits per heavy atom. The first-order valence-electron chi connectivity index (χ1n) is 6.24. The Kier molecular flexibility index (Phi) is 4.37. The van der Waals surface area contributed by atoms with Crippen molar-refractivity contribution in [1.82, 2.24) is 9.78 Å². The zero-order valence-corrected chi connectivity index (χ0v) is 12.6. The average molecular weight is 326 g/mol. The number of hydrogen-bond acceptors (Lipinski definition) is 2. The number of rotatable bonds is 4. The van der Waals surface area contributed by atoms with Gasteiger partial charge >= 0.3 is 0 Å². The summed E-state index contributed by atoms with van der Waals surface area (Å²) in [5.74, 6) is -0.260. The minimum atomic E-state index is -0.377. The lowest BCUT2D eigenvalue weighted by molar-refractivity contribution is 0.568. The molecular weight excluding hydrogens is 309 g/mol. The minimum Gasteiger partial charge on any atom is -0.324 e. The molecular formula is C14H17BrFN3. The van der Waals surface area contributed by atoms with Crippen molar-refractivity contribution in [2.75, 3.05) is 0 Å². The lowest BCUT2D eigenvalue weighted by Gasteiger charge is -2.13. The third kappa shape index (κ3) is 2.87. The number of benzene rings is 1. The summed E-state index contributed by atoms with van der Waals surface area (Å²) in [5, 5.41) is 4.42. The Labute approximate surface area is 120 Å². The summed E-state index contributed by atoms with van der Waals surface area (Å²) < 4.78 is 16.5. The van der Waals surface area contributed by atoms with Crippen LogP contribution in [-0.4, -0.2) is 9.78 Å². The number of nitrogens with zero attached hydrogens (tertiary/aromatic N) is 2. The van der Waals surface area contributed by atoms with Gasteiger partial charge in [0.15, 0.2) is 0 Å². The van der Waals surface area contributed by atoms with Crippen molar-refractivity contribution in [3.8, 4) is 0 Å². The zero-order valence-electron chi connectivity index (χ0n) is 11.0. The number of aromatic nitrogens is 2. The molecule has 1 heterocycles. The second-order valence-corrected chi connectivity index (χ2v) is 5.31. The van der Waals surface area contributed by atoms with Crippen LogP contribution < -0.4 is 5.73 Å². The monoisotopic (exact) mass is 325 g/mol. The standard InChI is InChI=1S/C14H17BrFN3/c1-3-12-14(15)13(19(2)18-12)8-11(17)9-6-4-5-7-10(9)16/h4-7,11H,3,8,17H2,1-2H3. The van der Waals surface area contributed by atoms with Gasteiger partial charge in [0.05, 0.1) is 15.9 Å². The molecule has 0 amide bonds. The molecule has 2 rings (SSSR count). The molecule has 0 spiro atoms. The molecule has 5 heteroatoms. The summed E-state index contributed by atoms with van der Waals surface area (Å²) in [5.41, 5.74) is 8.64. The van der Waals surface area contributed by atoms with Gasteiger partial charge < -0.3 is 5.73 Å². The first kappa shape index (κ1) is 14.2. The van der Waals surface area contributed by atoms with E-state index in [1.165, 1.54) is 6.07 Å². The van der Waals surface area contributed by atoms with Gasteiger partial charge in [-0.2, -0.15) is 5.10 Å². The van der Waals surface area contributed by atoms with Gasteiger partial charge in [-0.1, -0.05) is 25.1 Å². The molecule has 1 atom stereocenters. The van der Waals surface area contributed by atoms with Gasteiger partial charge in [-0.15, -0.1) is 0 Å². The van der Waals surface area contributed by atoms with Gasteiger partial charge in [0.2, 0.25) is 0 Å². The van der Waals surface area contributed by atoms with E-state index in [9.17, 15) is 4.39 Å². The first-order valence-corrected chi connectivity index (χ1v) is 7.04. The van der Waals surface area contributed by atoms with Gasteiger partial charge in [0.1, 0.15) is 5.82 Å². The molecule has 0 aliphatic rings. The highest BCUT2D eigenvalue weighted by molar-refractivity contribution is 9.10. The minimum absolute atomic E-state index is 0.260. The third-order valence-electron chi connectivity index (χ3n) is 3.22. The van der Waals surface area contributed by atoms with E-state index in [1.807, 2.05) is 18.7 Å². The van der Waals surface area contributed by atoms with Gasteiger partial charge in [-0.25, -0.2) is 4.39 Å². The maximum atomic E-state index is 13.7. The number of nitrogens with two attached hydrogens (primary N) is 1. The van der Waals surface area contributed by atoms with Crippen LogP contribution in [0.25, 0.3) is 0 Å². The lowest BCUT2D eigenvalue weighted by atomic mass is 10.0. The van der Waals surface area contributed by atoms with E-state index in [1.54, 1.807) is 18.2 Å². The molecule has 2 aromatic rings. The van der Waals surface area contributed by atoms with Crippen LogP contribution in [-0.2, 0) is 19.9 Å². The van der Waals surface area contributed by atoms with Crippen molar-refractivity contribution in [2.45, 2.75) is 25.8 Å². The molecule has 3 nitrogen and oxygen atoms in total. The number of aryl methyl sites for hydroxylation is 2. The molecule has 0 saturated heterocycles. The molecule has 2 N–H and O–H groups in total. The zero-order chi connectivity index (χ0) is 14.0. The fraction of sp³-hybridized carbons (Fsp3) is 0.357. The first-order chi connectivity index (χ1) is 9.04. The second kappa shape index (κ2) is 5.84. The fourth-order valence-corrected chi connectivity index (χ4v) is 2.91. The van der Waals surface area contributed by atoms with Crippen LogP contribution in [0.1, 0.15) is 29.9 Å². The van der Waals surface area contributed by atoms with Gasteiger partial charge in [0, 0.05) is 25.1 Å². The molecule has 0 aliphatic heterocycles. The van der Waals surface area contributed by atoms with E-state index in [-0.39, 0.29) is 11.9 Å². The van der Waals surface area contributed by atoms with Crippen LogP contribution in [0.15, 0.2) is 28.7 Å². The third-order valence-corrected chi connectivity index (χ3v) is 4.14. The summed E-state index contributed by atoms with van der Waals surface area (Å²) >= 11 is 3.55. The smallest absolute Gasteiger partial charge is 0.127 e. The molecule has 0 fully saturated rings. The maximum Gasteiger partial charge on any atom is 0.127 e. The molecule has 1 aromatic carbocycles. The van der Waals surface area contributed by atoms with E-state index in [0.717, 1.165) is 22.3 Å². The number of halogens is 2. The second-order valence-electron chi connectivity index (χ2n) is 4.52. The highest BCUT2D eigenvalue weighted by Crippen LogP contribution is 2.26. The van der Waals surface area contributed by atoms with Crippen LogP contribution >= 0.6 is 15.9 Å². The Hall–Kier alpha value is -1.20. The Morgan fingerprint density at radius 3 is 2.68 bits per heavy atom. The highest BCUT2D eigenvalue weighted by Gasteiger charge is 2.18. The summed E-state index contributed by atoms with van der Waals surface area (Å²) in [6.07, 6.45) is 1.40. The molecule has 0 radical (unpaired) electrons. The maximum absolute atomic E-state index is 13.7. The Morgan fingerprint density at radius 1 is 1.42 bits per heavy atom. The predicted molar refractivity (Wildman–Crippen MR) is 77.3 cm³/mol. The van der Waals surface area contributed by atoms with Crippen LogP contribution in [0, 0.1) is 5.82 Å². The summed E-state index contributed by atoms with van der Waals surface area (Å²) in [4.78, 5) is 0. The normalized spacial score (nSPS) is 12.7. The van der Waals surface area contributed by atoms with Crippen molar-refractivity contribution in [3.63, 3.8) is 0 Å².